The molecule has 0 spiro atoms. The lowest BCUT2D eigenvalue weighted by molar-refractivity contribution is -0.146. The summed E-state index contributed by atoms with van der Waals surface area (Å²) in [5, 5.41) is 11.1. The van der Waals surface area contributed by atoms with Gasteiger partial charge in [-0.05, 0) is 17.7 Å². The summed E-state index contributed by atoms with van der Waals surface area (Å²) in [6, 6.07) is 7.52. The fourth-order valence-corrected chi connectivity index (χ4v) is 2.81. The van der Waals surface area contributed by atoms with Gasteiger partial charge < -0.3 is 0 Å². The average molecular weight is 363 g/mol. The predicted molar refractivity (Wildman–Crippen MR) is 70.6 cm³/mol. The van der Waals surface area contributed by atoms with Crippen LogP contribution in [0.3, 0.4) is 0 Å². The Morgan fingerprint density at radius 1 is 1.15 bits per heavy atom. The third-order valence-corrected chi connectivity index (χ3v) is 3.98. The second-order valence-electron chi connectivity index (χ2n) is 4.01. The molecule has 20 heavy (non-hydrogen) atoms. The molecule has 0 aliphatic rings. The molecule has 0 amide bonds. The van der Waals surface area contributed by atoms with E-state index in [4.69, 9.17) is 0 Å². The molecular weight excluding hydrogens is 357 g/mol. The Labute approximate surface area is 123 Å². The van der Waals surface area contributed by atoms with E-state index in [1.165, 1.54) is 0 Å². The molecule has 0 N–H and O–H groups in total. The van der Waals surface area contributed by atoms with Crippen molar-refractivity contribution in [1.82, 2.24) is 19.8 Å². The molecule has 0 fully saturated rings. The normalized spacial score (nSPS) is 12.2. The summed E-state index contributed by atoms with van der Waals surface area (Å²) in [5.41, 5.74) is 0.965. The lowest BCUT2D eigenvalue weighted by Gasteiger charge is -2.00. The molecule has 0 aliphatic heterocycles. The molecule has 0 saturated heterocycles. The number of benzene rings is 1. The van der Waals surface area contributed by atoms with Gasteiger partial charge in [0.05, 0.1) is 0 Å². The van der Waals surface area contributed by atoms with Crippen molar-refractivity contribution in [2.24, 2.45) is 0 Å². The molecule has 0 radical (unpaired) electrons. The first-order chi connectivity index (χ1) is 9.43. The van der Waals surface area contributed by atoms with Crippen molar-refractivity contribution in [1.29, 1.82) is 0 Å². The maximum absolute atomic E-state index is 12.7. The zero-order chi connectivity index (χ0) is 14.3. The van der Waals surface area contributed by atoms with Gasteiger partial charge in [0.1, 0.15) is 5.01 Å². The monoisotopic (exact) mass is 362 g/mol. The summed E-state index contributed by atoms with van der Waals surface area (Å²) in [6.45, 7) is 0. The van der Waals surface area contributed by atoms with Crippen molar-refractivity contribution in [3.8, 4) is 0 Å². The van der Waals surface area contributed by atoms with E-state index >= 15 is 0 Å². The Hall–Kier alpha value is -1.48. The number of nitrogens with zero attached hydrogens (tertiary/aromatic N) is 4. The molecule has 0 saturated carbocycles. The minimum absolute atomic E-state index is 0.143. The van der Waals surface area contributed by atoms with Crippen LogP contribution in [0.25, 0.3) is 4.96 Å². The Kier molecular flexibility index (Phi) is 3.25. The average Bonchev–Trinajstić information content (AvgIpc) is 2.90. The van der Waals surface area contributed by atoms with E-state index in [0.29, 0.717) is 11.4 Å². The molecule has 3 aromatic rings. The van der Waals surface area contributed by atoms with Crippen molar-refractivity contribution in [2.75, 3.05) is 0 Å². The Morgan fingerprint density at radius 3 is 2.50 bits per heavy atom. The second-order valence-corrected chi connectivity index (χ2v) is 5.97. The fourth-order valence-electron chi connectivity index (χ4n) is 1.68. The van der Waals surface area contributed by atoms with E-state index < -0.39 is 12.0 Å². The van der Waals surface area contributed by atoms with Gasteiger partial charge in [0.25, 0.3) is 5.82 Å². The summed E-state index contributed by atoms with van der Waals surface area (Å²) in [5.74, 6) is -1.09. The zero-order valence-corrected chi connectivity index (χ0v) is 12.1. The fraction of sp³-hybridized carbons (Fsp3) is 0.182. The van der Waals surface area contributed by atoms with Gasteiger partial charge in [-0.1, -0.05) is 39.4 Å². The standard InChI is InChI=1S/C11H6BrF3N4S/c12-7-3-1-6(2-4-7)5-8-18-19-9(11(13,14)15)16-17-10(19)20-8/h1-4H,5H2. The number of fused-ring (bicyclic) bond motifs is 1. The first kappa shape index (κ1) is 13.5. The van der Waals surface area contributed by atoms with Crippen LogP contribution in [-0.4, -0.2) is 19.8 Å². The topological polar surface area (TPSA) is 43.1 Å². The van der Waals surface area contributed by atoms with Gasteiger partial charge in [-0.3, -0.25) is 0 Å². The van der Waals surface area contributed by atoms with Gasteiger partial charge in [-0.2, -0.15) is 22.8 Å². The van der Waals surface area contributed by atoms with Crippen LogP contribution in [0.5, 0.6) is 0 Å². The highest BCUT2D eigenvalue weighted by molar-refractivity contribution is 9.10. The molecular formula is C11H6BrF3N4S. The summed E-state index contributed by atoms with van der Waals surface area (Å²) >= 11 is 4.42. The summed E-state index contributed by atoms with van der Waals surface area (Å²) in [6.07, 6.45) is -4.10. The van der Waals surface area contributed by atoms with E-state index in [1.54, 1.807) is 0 Å². The maximum atomic E-state index is 12.7. The van der Waals surface area contributed by atoms with E-state index in [0.717, 1.165) is 25.9 Å². The lowest BCUT2D eigenvalue weighted by atomic mass is 10.2. The molecule has 2 heterocycles. The van der Waals surface area contributed by atoms with Crippen LogP contribution in [0.15, 0.2) is 28.7 Å². The van der Waals surface area contributed by atoms with Crippen LogP contribution in [0.4, 0.5) is 13.2 Å². The molecule has 4 nitrogen and oxygen atoms in total. The number of hydrogen-bond acceptors (Lipinski definition) is 4. The summed E-state index contributed by atoms with van der Waals surface area (Å²) in [4.78, 5) is 0.143. The van der Waals surface area contributed by atoms with E-state index in [2.05, 4.69) is 31.2 Å². The highest BCUT2D eigenvalue weighted by Crippen LogP contribution is 2.29. The predicted octanol–water partition coefficient (Wildman–Crippen LogP) is 3.56. The maximum Gasteiger partial charge on any atom is 0.453 e. The van der Waals surface area contributed by atoms with Crippen molar-refractivity contribution >= 4 is 32.2 Å². The van der Waals surface area contributed by atoms with Crippen LogP contribution < -0.4 is 0 Å². The molecule has 3 rings (SSSR count). The smallest absolute Gasteiger partial charge is 0.178 e. The molecule has 0 aliphatic carbocycles. The Morgan fingerprint density at radius 2 is 1.85 bits per heavy atom. The first-order valence-corrected chi connectivity index (χ1v) is 7.07. The Balaban J connectivity index is 1.93. The minimum Gasteiger partial charge on any atom is -0.178 e. The van der Waals surface area contributed by atoms with E-state index in [9.17, 15) is 13.2 Å². The molecule has 0 atom stereocenters. The van der Waals surface area contributed by atoms with E-state index in [1.807, 2.05) is 24.3 Å². The minimum atomic E-state index is -4.55. The van der Waals surface area contributed by atoms with Crippen LogP contribution in [0.1, 0.15) is 16.4 Å². The lowest BCUT2D eigenvalue weighted by Crippen LogP contribution is -2.11. The molecule has 2 aromatic heterocycles. The third kappa shape index (κ3) is 2.55. The van der Waals surface area contributed by atoms with Crippen molar-refractivity contribution in [2.45, 2.75) is 12.6 Å². The van der Waals surface area contributed by atoms with Crippen molar-refractivity contribution < 1.29 is 13.2 Å². The number of alkyl halides is 3. The number of rotatable bonds is 2. The van der Waals surface area contributed by atoms with Gasteiger partial charge in [-0.25, -0.2) is 0 Å². The Bertz CT molecular complexity index is 747. The molecule has 9 heteroatoms. The van der Waals surface area contributed by atoms with Gasteiger partial charge in [0, 0.05) is 10.9 Å². The SMILES string of the molecule is FC(F)(F)c1nnc2sc(Cc3ccc(Br)cc3)nn12. The largest absolute Gasteiger partial charge is 0.453 e. The quantitative estimate of drug-likeness (QED) is 0.699. The van der Waals surface area contributed by atoms with Gasteiger partial charge in [-0.15, -0.1) is 10.2 Å². The van der Waals surface area contributed by atoms with Crippen LogP contribution in [-0.2, 0) is 12.6 Å². The highest BCUT2D eigenvalue weighted by atomic mass is 79.9. The van der Waals surface area contributed by atoms with Crippen molar-refractivity contribution in [3.63, 3.8) is 0 Å². The van der Waals surface area contributed by atoms with Gasteiger partial charge in [0.2, 0.25) is 4.96 Å². The molecule has 104 valence electrons. The number of halogens is 4. The van der Waals surface area contributed by atoms with E-state index in [-0.39, 0.29) is 4.96 Å². The molecule has 1 aromatic carbocycles. The molecule has 0 bridgehead atoms. The number of aromatic nitrogens is 4. The van der Waals surface area contributed by atoms with Gasteiger partial charge >= 0.3 is 6.18 Å². The first-order valence-electron chi connectivity index (χ1n) is 5.46. The summed E-state index contributed by atoms with van der Waals surface area (Å²) < 4.78 is 39.7. The third-order valence-electron chi connectivity index (χ3n) is 2.55. The van der Waals surface area contributed by atoms with Crippen molar-refractivity contribution in [3.05, 3.63) is 45.1 Å². The molecule has 0 unspecified atom stereocenters. The highest BCUT2D eigenvalue weighted by Gasteiger charge is 2.38. The summed E-state index contributed by atoms with van der Waals surface area (Å²) in [7, 11) is 0. The number of hydrogen-bond donors (Lipinski definition) is 0. The van der Waals surface area contributed by atoms with Crippen LogP contribution in [0.2, 0.25) is 0 Å². The van der Waals surface area contributed by atoms with Crippen LogP contribution in [0, 0.1) is 0 Å². The van der Waals surface area contributed by atoms with Gasteiger partial charge in [0.15, 0.2) is 0 Å². The van der Waals surface area contributed by atoms with Crippen LogP contribution >= 0.6 is 27.3 Å². The zero-order valence-electron chi connectivity index (χ0n) is 9.73. The second kappa shape index (κ2) is 4.81.